The Morgan fingerprint density at radius 3 is 2.70 bits per heavy atom. The maximum atomic E-state index is 13.2. The van der Waals surface area contributed by atoms with E-state index in [1.807, 2.05) is 6.92 Å². The average molecular weight is 313 g/mol. The van der Waals surface area contributed by atoms with Gasteiger partial charge in [0.25, 0.3) is 0 Å². The van der Waals surface area contributed by atoms with Gasteiger partial charge in [0.2, 0.25) is 0 Å². The lowest BCUT2D eigenvalue weighted by atomic mass is 10.1. The number of aromatic nitrogens is 1. The van der Waals surface area contributed by atoms with Gasteiger partial charge < -0.3 is 5.32 Å². The van der Waals surface area contributed by atoms with E-state index in [9.17, 15) is 4.39 Å². The molecule has 0 aliphatic heterocycles. The highest BCUT2D eigenvalue weighted by molar-refractivity contribution is 7.11. The number of aryl methyl sites for hydroxylation is 2. The van der Waals surface area contributed by atoms with Crippen LogP contribution in [0.5, 0.6) is 0 Å². The monoisotopic (exact) mass is 312 g/mol. The Morgan fingerprint density at radius 1 is 1.40 bits per heavy atom. The van der Waals surface area contributed by atoms with Gasteiger partial charge in [-0.3, -0.25) is 0 Å². The SMILES string of the molecule is CCCNC(c1nc(C)c(C)s1)c1ccc(F)cc1Cl. The maximum Gasteiger partial charge on any atom is 0.124 e. The molecule has 1 N–H and O–H groups in total. The van der Waals surface area contributed by atoms with Crippen molar-refractivity contribution in [3.63, 3.8) is 0 Å². The Labute approximate surface area is 128 Å². The summed E-state index contributed by atoms with van der Waals surface area (Å²) in [4.78, 5) is 5.80. The minimum absolute atomic E-state index is 0.0829. The van der Waals surface area contributed by atoms with Gasteiger partial charge in [0.05, 0.1) is 11.7 Å². The second-order valence-electron chi connectivity index (χ2n) is 4.75. The zero-order valence-corrected chi connectivity index (χ0v) is 13.4. The van der Waals surface area contributed by atoms with Gasteiger partial charge in [-0.25, -0.2) is 9.37 Å². The van der Waals surface area contributed by atoms with Crippen LogP contribution in [0.3, 0.4) is 0 Å². The van der Waals surface area contributed by atoms with Crippen LogP contribution in [0.25, 0.3) is 0 Å². The molecule has 1 aromatic carbocycles. The van der Waals surface area contributed by atoms with Crippen molar-refractivity contribution >= 4 is 22.9 Å². The highest BCUT2D eigenvalue weighted by atomic mass is 35.5. The number of benzene rings is 1. The molecule has 0 aliphatic carbocycles. The Morgan fingerprint density at radius 2 is 2.15 bits per heavy atom. The smallest absolute Gasteiger partial charge is 0.124 e. The first-order chi connectivity index (χ1) is 9.52. The molecular weight excluding hydrogens is 295 g/mol. The second-order valence-corrected chi connectivity index (χ2v) is 6.39. The molecule has 1 aromatic heterocycles. The molecule has 20 heavy (non-hydrogen) atoms. The van der Waals surface area contributed by atoms with Crippen molar-refractivity contribution in [3.8, 4) is 0 Å². The molecule has 0 bridgehead atoms. The van der Waals surface area contributed by atoms with Crippen molar-refractivity contribution in [2.45, 2.75) is 33.2 Å². The summed E-state index contributed by atoms with van der Waals surface area (Å²) in [7, 11) is 0. The number of thiazole rings is 1. The predicted molar refractivity (Wildman–Crippen MR) is 83.1 cm³/mol. The van der Waals surface area contributed by atoms with Crippen LogP contribution in [0.4, 0.5) is 4.39 Å². The first-order valence-corrected chi connectivity index (χ1v) is 7.84. The zero-order valence-electron chi connectivity index (χ0n) is 11.8. The number of hydrogen-bond donors (Lipinski definition) is 1. The molecule has 0 spiro atoms. The number of halogens is 2. The molecule has 5 heteroatoms. The Bertz CT molecular complexity index is 578. The van der Waals surface area contributed by atoms with Crippen LogP contribution < -0.4 is 5.32 Å². The molecule has 0 saturated carbocycles. The van der Waals surface area contributed by atoms with E-state index >= 15 is 0 Å². The van der Waals surface area contributed by atoms with Gasteiger partial charge in [-0.2, -0.15) is 0 Å². The van der Waals surface area contributed by atoms with E-state index in [0.717, 1.165) is 29.2 Å². The summed E-state index contributed by atoms with van der Waals surface area (Å²) in [5, 5.41) is 4.85. The summed E-state index contributed by atoms with van der Waals surface area (Å²) in [5.74, 6) is -0.320. The quantitative estimate of drug-likeness (QED) is 0.870. The third-order valence-corrected chi connectivity index (χ3v) is 4.63. The summed E-state index contributed by atoms with van der Waals surface area (Å²) >= 11 is 7.85. The van der Waals surface area contributed by atoms with Crippen LogP contribution in [0.1, 0.15) is 40.5 Å². The van der Waals surface area contributed by atoms with Crippen LogP contribution in [0, 0.1) is 19.7 Å². The number of hydrogen-bond acceptors (Lipinski definition) is 3. The number of nitrogens with zero attached hydrogens (tertiary/aromatic N) is 1. The summed E-state index contributed by atoms with van der Waals surface area (Å²) < 4.78 is 13.2. The summed E-state index contributed by atoms with van der Waals surface area (Å²) in [6, 6.07) is 4.44. The van der Waals surface area contributed by atoms with Crippen molar-refractivity contribution in [1.82, 2.24) is 10.3 Å². The third kappa shape index (κ3) is 3.37. The van der Waals surface area contributed by atoms with Crippen molar-refractivity contribution in [1.29, 1.82) is 0 Å². The Balaban J connectivity index is 2.41. The molecule has 1 heterocycles. The lowest BCUT2D eigenvalue weighted by Crippen LogP contribution is -2.23. The van der Waals surface area contributed by atoms with Gasteiger partial charge >= 0.3 is 0 Å². The normalized spacial score (nSPS) is 12.7. The van der Waals surface area contributed by atoms with Crippen molar-refractivity contribution in [2.75, 3.05) is 6.54 Å². The molecule has 2 aromatic rings. The van der Waals surface area contributed by atoms with E-state index in [0.29, 0.717) is 5.02 Å². The predicted octanol–water partition coefficient (Wildman–Crippen LogP) is 4.64. The number of rotatable bonds is 5. The molecular formula is C15H18ClFN2S. The van der Waals surface area contributed by atoms with Crippen molar-refractivity contribution < 1.29 is 4.39 Å². The van der Waals surface area contributed by atoms with E-state index in [-0.39, 0.29) is 11.9 Å². The fourth-order valence-corrected chi connectivity index (χ4v) is 3.27. The lowest BCUT2D eigenvalue weighted by Gasteiger charge is -2.18. The molecule has 0 aliphatic rings. The molecule has 2 nitrogen and oxygen atoms in total. The fourth-order valence-electron chi connectivity index (χ4n) is 1.98. The summed E-state index contributed by atoms with van der Waals surface area (Å²) in [5.41, 5.74) is 1.90. The van der Waals surface area contributed by atoms with Crippen molar-refractivity contribution in [2.24, 2.45) is 0 Å². The van der Waals surface area contributed by atoms with Crippen LogP contribution in [0.15, 0.2) is 18.2 Å². The van der Waals surface area contributed by atoms with Crippen LogP contribution in [0.2, 0.25) is 5.02 Å². The van der Waals surface area contributed by atoms with Crippen LogP contribution >= 0.6 is 22.9 Å². The van der Waals surface area contributed by atoms with E-state index in [4.69, 9.17) is 11.6 Å². The molecule has 1 unspecified atom stereocenters. The minimum atomic E-state index is -0.320. The van der Waals surface area contributed by atoms with E-state index in [2.05, 4.69) is 24.1 Å². The molecule has 108 valence electrons. The fraction of sp³-hybridized carbons (Fsp3) is 0.400. The van der Waals surface area contributed by atoms with Crippen LogP contribution in [-0.2, 0) is 0 Å². The first kappa shape index (κ1) is 15.4. The Hall–Kier alpha value is -0.970. The van der Waals surface area contributed by atoms with Gasteiger partial charge in [-0.15, -0.1) is 11.3 Å². The third-order valence-electron chi connectivity index (χ3n) is 3.16. The largest absolute Gasteiger partial charge is 0.304 e. The average Bonchev–Trinajstić information content (AvgIpc) is 2.72. The second kappa shape index (κ2) is 6.66. The van der Waals surface area contributed by atoms with Gasteiger partial charge in [-0.1, -0.05) is 24.6 Å². The molecule has 0 fully saturated rings. The highest BCUT2D eigenvalue weighted by Crippen LogP contribution is 2.32. The first-order valence-electron chi connectivity index (χ1n) is 6.65. The molecule has 1 atom stereocenters. The topological polar surface area (TPSA) is 24.9 Å². The van der Waals surface area contributed by atoms with Gasteiger partial charge in [-0.05, 0) is 44.5 Å². The zero-order chi connectivity index (χ0) is 14.7. The lowest BCUT2D eigenvalue weighted by molar-refractivity contribution is 0.590. The van der Waals surface area contributed by atoms with E-state index in [1.54, 1.807) is 17.4 Å². The maximum absolute atomic E-state index is 13.2. The van der Waals surface area contributed by atoms with E-state index in [1.165, 1.54) is 17.0 Å². The summed E-state index contributed by atoms with van der Waals surface area (Å²) in [6.07, 6.45) is 1.01. The molecule has 0 saturated heterocycles. The van der Waals surface area contributed by atoms with E-state index < -0.39 is 0 Å². The molecule has 2 rings (SSSR count). The van der Waals surface area contributed by atoms with Gasteiger partial charge in [0.1, 0.15) is 10.8 Å². The minimum Gasteiger partial charge on any atom is -0.304 e. The van der Waals surface area contributed by atoms with Gasteiger partial charge in [0.15, 0.2) is 0 Å². The molecule has 0 radical (unpaired) electrons. The Kier molecular flexibility index (Phi) is 5.13. The molecule has 0 amide bonds. The van der Waals surface area contributed by atoms with Crippen LogP contribution in [-0.4, -0.2) is 11.5 Å². The standard InChI is InChI=1S/C15H18ClFN2S/c1-4-7-18-14(15-19-9(2)10(3)20-15)12-6-5-11(17)8-13(12)16/h5-6,8,14,18H,4,7H2,1-3H3. The highest BCUT2D eigenvalue weighted by Gasteiger charge is 2.20. The summed E-state index contributed by atoms with van der Waals surface area (Å²) in [6.45, 7) is 7.02. The van der Waals surface area contributed by atoms with Gasteiger partial charge in [0, 0.05) is 9.90 Å². The van der Waals surface area contributed by atoms with Crippen molar-refractivity contribution in [3.05, 3.63) is 50.2 Å². The number of nitrogens with one attached hydrogen (secondary N) is 1.